The summed E-state index contributed by atoms with van der Waals surface area (Å²) in [7, 11) is 0. The Labute approximate surface area is 139 Å². The third kappa shape index (κ3) is 4.98. The summed E-state index contributed by atoms with van der Waals surface area (Å²) in [5.41, 5.74) is 0. The van der Waals surface area contributed by atoms with E-state index in [2.05, 4.69) is 47.1 Å². The lowest BCUT2D eigenvalue weighted by molar-refractivity contribution is 0.280. The SMILES string of the molecule is CSc1nnc(CCCNC2CCCCC2C)n1CC(C)C. The monoisotopic (exact) mass is 324 g/mol. The van der Waals surface area contributed by atoms with Crippen molar-refractivity contribution in [3.05, 3.63) is 5.82 Å². The Hall–Kier alpha value is -0.550. The fourth-order valence-corrected chi connectivity index (χ4v) is 3.88. The molecular formula is C17H32N4S. The van der Waals surface area contributed by atoms with Crippen molar-refractivity contribution in [1.82, 2.24) is 20.1 Å². The molecule has 126 valence electrons. The van der Waals surface area contributed by atoms with Gasteiger partial charge in [-0.2, -0.15) is 0 Å². The zero-order valence-electron chi connectivity index (χ0n) is 14.6. The third-order valence-corrected chi connectivity index (χ3v) is 5.29. The van der Waals surface area contributed by atoms with Gasteiger partial charge < -0.3 is 9.88 Å². The molecule has 0 spiro atoms. The quantitative estimate of drug-likeness (QED) is 0.584. The van der Waals surface area contributed by atoms with Crippen LogP contribution in [-0.2, 0) is 13.0 Å². The molecule has 2 atom stereocenters. The highest BCUT2D eigenvalue weighted by atomic mass is 32.2. The highest BCUT2D eigenvalue weighted by Gasteiger charge is 2.20. The number of aromatic nitrogens is 3. The molecule has 5 heteroatoms. The van der Waals surface area contributed by atoms with Gasteiger partial charge in [-0.3, -0.25) is 0 Å². The number of nitrogens with zero attached hydrogens (tertiary/aromatic N) is 3. The Kier molecular flexibility index (Phi) is 7.22. The highest BCUT2D eigenvalue weighted by Crippen LogP contribution is 2.23. The van der Waals surface area contributed by atoms with E-state index in [-0.39, 0.29) is 0 Å². The first kappa shape index (κ1) is 17.8. The van der Waals surface area contributed by atoms with Crippen LogP contribution in [0.1, 0.15) is 58.7 Å². The first-order valence-electron chi connectivity index (χ1n) is 8.81. The zero-order chi connectivity index (χ0) is 15.9. The number of thioether (sulfide) groups is 1. The summed E-state index contributed by atoms with van der Waals surface area (Å²) in [5.74, 6) is 2.61. The van der Waals surface area contributed by atoms with Crippen molar-refractivity contribution < 1.29 is 0 Å². The van der Waals surface area contributed by atoms with Gasteiger partial charge in [0.2, 0.25) is 0 Å². The molecule has 2 rings (SSSR count). The van der Waals surface area contributed by atoms with Crippen LogP contribution in [0.5, 0.6) is 0 Å². The van der Waals surface area contributed by atoms with Crippen molar-refractivity contribution in [2.45, 2.75) is 77.0 Å². The summed E-state index contributed by atoms with van der Waals surface area (Å²) >= 11 is 1.69. The molecule has 1 N–H and O–H groups in total. The minimum Gasteiger partial charge on any atom is -0.314 e. The predicted octanol–water partition coefficient (Wildman–Crippen LogP) is 3.76. The Morgan fingerprint density at radius 3 is 2.73 bits per heavy atom. The Balaban J connectivity index is 1.80. The van der Waals surface area contributed by atoms with E-state index in [0.29, 0.717) is 5.92 Å². The van der Waals surface area contributed by atoms with Gasteiger partial charge in [-0.05, 0) is 43.9 Å². The molecule has 2 unspecified atom stereocenters. The summed E-state index contributed by atoms with van der Waals surface area (Å²) in [4.78, 5) is 0. The Morgan fingerprint density at radius 1 is 1.27 bits per heavy atom. The number of rotatable bonds is 8. The number of aryl methyl sites for hydroxylation is 1. The molecule has 0 aliphatic heterocycles. The van der Waals surface area contributed by atoms with Gasteiger partial charge in [-0.15, -0.1) is 10.2 Å². The largest absolute Gasteiger partial charge is 0.314 e. The lowest BCUT2D eigenvalue weighted by Crippen LogP contribution is -2.37. The van der Waals surface area contributed by atoms with E-state index in [1.807, 2.05) is 0 Å². The van der Waals surface area contributed by atoms with E-state index in [0.717, 1.165) is 48.9 Å². The molecule has 0 saturated heterocycles. The Morgan fingerprint density at radius 2 is 2.05 bits per heavy atom. The normalized spacial score (nSPS) is 22.4. The molecule has 0 amide bonds. The molecule has 0 aromatic carbocycles. The topological polar surface area (TPSA) is 42.7 Å². The fraction of sp³-hybridized carbons (Fsp3) is 0.882. The maximum Gasteiger partial charge on any atom is 0.190 e. The number of hydrogen-bond donors (Lipinski definition) is 1. The second kappa shape index (κ2) is 8.92. The van der Waals surface area contributed by atoms with Gasteiger partial charge in [0.15, 0.2) is 5.16 Å². The van der Waals surface area contributed by atoms with E-state index < -0.39 is 0 Å². The van der Waals surface area contributed by atoms with Gasteiger partial charge in [0.25, 0.3) is 0 Å². The van der Waals surface area contributed by atoms with Crippen LogP contribution in [0.25, 0.3) is 0 Å². The van der Waals surface area contributed by atoms with Gasteiger partial charge in [0.05, 0.1) is 0 Å². The predicted molar refractivity (Wildman–Crippen MR) is 94.4 cm³/mol. The van der Waals surface area contributed by atoms with Crippen LogP contribution in [0.3, 0.4) is 0 Å². The van der Waals surface area contributed by atoms with Crippen molar-refractivity contribution in [3.8, 4) is 0 Å². The van der Waals surface area contributed by atoms with Crippen LogP contribution in [-0.4, -0.2) is 33.6 Å². The van der Waals surface area contributed by atoms with Crippen LogP contribution in [0, 0.1) is 11.8 Å². The van der Waals surface area contributed by atoms with Crippen LogP contribution in [0.2, 0.25) is 0 Å². The van der Waals surface area contributed by atoms with Crippen LogP contribution >= 0.6 is 11.8 Å². The van der Waals surface area contributed by atoms with E-state index >= 15 is 0 Å². The van der Waals surface area contributed by atoms with E-state index in [9.17, 15) is 0 Å². The van der Waals surface area contributed by atoms with Gasteiger partial charge in [0.1, 0.15) is 5.82 Å². The first-order chi connectivity index (χ1) is 10.6. The van der Waals surface area contributed by atoms with Gasteiger partial charge in [-0.25, -0.2) is 0 Å². The molecule has 0 radical (unpaired) electrons. The third-order valence-electron chi connectivity index (χ3n) is 4.62. The number of nitrogens with one attached hydrogen (secondary N) is 1. The molecule has 1 aliphatic carbocycles. The van der Waals surface area contributed by atoms with Gasteiger partial charge >= 0.3 is 0 Å². The van der Waals surface area contributed by atoms with Crippen molar-refractivity contribution in [2.24, 2.45) is 11.8 Å². The zero-order valence-corrected chi connectivity index (χ0v) is 15.5. The van der Waals surface area contributed by atoms with Crippen LogP contribution < -0.4 is 5.32 Å². The molecule has 1 aromatic heterocycles. The molecular weight excluding hydrogens is 292 g/mol. The average molecular weight is 325 g/mol. The standard InChI is InChI=1S/C17H32N4S/c1-13(2)12-21-16(19-20-17(21)22-4)10-7-11-18-15-9-6-5-8-14(15)3/h13-15,18H,5-12H2,1-4H3. The molecule has 22 heavy (non-hydrogen) atoms. The molecule has 1 saturated carbocycles. The maximum atomic E-state index is 4.40. The number of hydrogen-bond acceptors (Lipinski definition) is 4. The van der Waals surface area contributed by atoms with E-state index in [4.69, 9.17) is 0 Å². The molecule has 4 nitrogen and oxygen atoms in total. The first-order valence-corrected chi connectivity index (χ1v) is 10.0. The minimum absolute atomic E-state index is 0.627. The van der Waals surface area contributed by atoms with Gasteiger partial charge in [0, 0.05) is 19.0 Å². The summed E-state index contributed by atoms with van der Waals surface area (Å²) in [5, 5.41) is 13.5. The van der Waals surface area contributed by atoms with Crippen LogP contribution in [0.4, 0.5) is 0 Å². The molecule has 0 bridgehead atoms. The highest BCUT2D eigenvalue weighted by molar-refractivity contribution is 7.98. The summed E-state index contributed by atoms with van der Waals surface area (Å²) in [6.45, 7) is 9.00. The van der Waals surface area contributed by atoms with Crippen LogP contribution in [0.15, 0.2) is 5.16 Å². The second-order valence-corrected chi connectivity index (χ2v) is 7.81. The second-order valence-electron chi connectivity index (χ2n) is 7.03. The van der Waals surface area contributed by atoms with Crippen molar-refractivity contribution in [2.75, 3.05) is 12.8 Å². The van der Waals surface area contributed by atoms with Crippen molar-refractivity contribution >= 4 is 11.8 Å². The summed E-state index contributed by atoms with van der Waals surface area (Å²) in [6.07, 6.45) is 9.79. The Bertz CT molecular complexity index is 444. The van der Waals surface area contributed by atoms with Gasteiger partial charge in [-0.1, -0.05) is 45.4 Å². The fourth-order valence-electron chi connectivity index (χ4n) is 3.36. The molecule has 1 heterocycles. The molecule has 1 aromatic rings. The van der Waals surface area contributed by atoms with E-state index in [1.165, 1.54) is 25.7 Å². The lowest BCUT2D eigenvalue weighted by Gasteiger charge is -2.29. The molecule has 1 aliphatic rings. The molecule has 1 fully saturated rings. The van der Waals surface area contributed by atoms with Crippen molar-refractivity contribution in [3.63, 3.8) is 0 Å². The van der Waals surface area contributed by atoms with Crippen molar-refractivity contribution in [1.29, 1.82) is 0 Å². The minimum atomic E-state index is 0.627. The lowest BCUT2D eigenvalue weighted by atomic mass is 9.86. The average Bonchev–Trinajstić information content (AvgIpc) is 2.86. The summed E-state index contributed by atoms with van der Waals surface area (Å²) in [6, 6.07) is 0.726. The maximum absolute atomic E-state index is 4.40. The van der Waals surface area contributed by atoms with E-state index in [1.54, 1.807) is 11.8 Å². The summed E-state index contributed by atoms with van der Waals surface area (Å²) < 4.78 is 2.30. The smallest absolute Gasteiger partial charge is 0.190 e.